The summed E-state index contributed by atoms with van der Waals surface area (Å²) in [6.07, 6.45) is 0. The molecule has 1 fully saturated rings. The molecule has 0 aliphatic carbocycles. The number of carbonyl (C=O) groups excluding carboxylic acids is 2. The Morgan fingerprint density at radius 2 is 1.63 bits per heavy atom. The number of nitrogens with zero attached hydrogens (tertiary/aromatic N) is 2. The molecule has 0 unspecified atom stereocenters. The largest absolute Gasteiger partial charge is 0.341 e. The van der Waals surface area contributed by atoms with E-state index in [0.717, 1.165) is 0 Å². The molecular formula is C20H21Cl2N3O4S. The van der Waals surface area contributed by atoms with Crippen LogP contribution in [0.4, 0.5) is 0 Å². The van der Waals surface area contributed by atoms with Gasteiger partial charge in [-0.1, -0.05) is 41.4 Å². The lowest BCUT2D eigenvalue weighted by Crippen LogP contribution is -2.55. The minimum atomic E-state index is -3.83. The van der Waals surface area contributed by atoms with E-state index < -0.39 is 16.1 Å². The maximum absolute atomic E-state index is 12.9. The Kier molecular flexibility index (Phi) is 7.02. The molecule has 0 bridgehead atoms. The van der Waals surface area contributed by atoms with Crippen LogP contribution in [0, 0.1) is 0 Å². The summed E-state index contributed by atoms with van der Waals surface area (Å²) in [5.74, 6) is -0.606. The van der Waals surface area contributed by atoms with Crippen molar-refractivity contribution in [2.75, 3.05) is 26.2 Å². The number of sulfonamides is 1. The molecule has 1 saturated heterocycles. The number of amides is 2. The number of benzene rings is 2. The second-order valence-corrected chi connectivity index (χ2v) is 9.62. The highest BCUT2D eigenvalue weighted by molar-refractivity contribution is 7.89. The van der Waals surface area contributed by atoms with Crippen molar-refractivity contribution in [3.63, 3.8) is 0 Å². The summed E-state index contributed by atoms with van der Waals surface area (Å²) in [5, 5.41) is 3.05. The molecule has 2 aromatic rings. The lowest BCUT2D eigenvalue weighted by Gasteiger charge is -2.35. The second-order valence-electron chi connectivity index (χ2n) is 6.87. The fraction of sp³-hybridized carbons (Fsp3) is 0.300. The van der Waals surface area contributed by atoms with Gasteiger partial charge in [-0.2, -0.15) is 4.31 Å². The molecule has 1 N–H and O–H groups in total. The minimum absolute atomic E-state index is 0.0556. The van der Waals surface area contributed by atoms with Gasteiger partial charge in [0.2, 0.25) is 15.9 Å². The van der Waals surface area contributed by atoms with Crippen molar-refractivity contribution >= 4 is 45.0 Å². The average molecular weight is 470 g/mol. The van der Waals surface area contributed by atoms with E-state index in [1.807, 2.05) is 0 Å². The second kappa shape index (κ2) is 9.34. The van der Waals surface area contributed by atoms with E-state index in [0.29, 0.717) is 5.56 Å². The maximum atomic E-state index is 12.9. The Morgan fingerprint density at radius 3 is 2.27 bits per heavy atom. The van der Waals surface area contributed by atoms with E-state index >= 15 is 0 Å². The highest BCUT2D eigenvalue weighted by atomic mass is 35.5. The van der Waals surface area contributed by atoms with Crippen LogP contribution >= 0.6 is 23.2 Å². The summed E-state index contributed by atoms with van der Waals surface area (Å²) in [6.45, 7) is 2.27. The van der Waals surface area contributed by atoms with Crippen LogP contribution in [0.25, 0.3) is 0 Å². The van der Waals surface area contributed by atoms with Gasteiger partial charge in [-0.15, -0.1) is 0 Å². The molecule has 1 aliphatic heterocycles. The topological polar surface area (TPSA) is 86.8 Å². The van der Waals surface area contributed by atoms with E-state index in [2.05, 4.69) is 5.32 Å². The van der Waals surface area contributed by atoms with Gasteiger partial charge in [0.1, 0.15) is 10.9 Å². The number of nitrogens with one attached hydrogen (secondary N) is 1. The number of halogens is 2. The molecule has 160 valence electrons. The Balaban J connectivity index is 1.61. The molecule has 30 heavy (non-hydrogen) atoms. The van der Waals surface area contributed by atoms with E-state index in [1.165, 1.54) is 22.5 Å². The van der Waals surface area contributed by atoms with Crippen molar-refractivity contribution in [3.8, 4) is 0 Å². The van der Waals surface area contributed by atoms with E-state index in [9.17, 15) is 18.0 Å². The SMILES string of the molecule is C[C@@H](NC(=O)c1ccccc1)C(=O)N1CCN(S(=O)(=O)c2cc(Cl)ccc2Cl)CC1. The van der Waals surface area contributed by atoms with Gasteiger partial charge in [-0.3, -0.25) is 9.59 Å². The van der Waals surface area contributed by atoms with Gasteiger partial charge < -0.3 is 10.2 Å². The van der Waals surface area contributed by atoms with Crippen LogP contribution in [0.5, 0.6) is 0 Å². The van der Waals surface area contributed by atoms with Crippen LogP contribution in [-0.4, -0.2) is 61.7 Å². The number of rotatable bonds is 5. The number of hydrogen-bond donors (Lipinski definition) is 1. The van der Waals surface area contributed by atoms with E-state index in [-0.39, 0.29) is 52.9 Å². The third kappa shape index (κ3) is 4.95. The molecule has 1 aliphatic rings. The molecule has 0 spiro atoms. The molecular weight excluding hydrogens is 449 g/mol. The summed E-state index contributed by atoms with van der Waals surface area (Å²) in [5.41, 5.74) is 0.464. The first kappa shape index (κ1) is 22.6. The van der Waals surface area contributed by atoms with Crippen LogP contribution in [-0.2, 0) is 14.8 Å². The van der Waals surface area contributed by atoms with Crippen molar-refractivity contribution in [2.24, 2.45) is 0 Å². The summed E-state index contributed by atoms with van der Waals surface area (Å²) in [7, 11) is -3.83. The summed E-state index contributed by atoms with van der Waals surface area (Å²) < 4.78 is 27.1. The zero-order chi connectivity index (χ0) is 21.9. The molecule has 2 aromatic carbocycles. The van der Waals surface area contributed by atoms with Gasteiger partial charge in [0, 0.05) is 36.8 Å². The monoisotopic (exact) mass is 469 g/mol. The average Bonchev–Trinajstić information content (AvgIpc) is 2.75. The highest BCUT2D eigenvalue weighted by Gasteiger charge is 2.33. The first-order chi connectivity index (χ1) is 14.2. The normalized spacial score (nSPS) is 16.2. The Bertz CT molecular complexity index is 1040. The third-order valence-corrected chi connectivity index (χ3v) is 7.43. The molecule has 2 amide bonds. The molecule has 1 atom stereocenters. The van der Waals surface area contributed by atoms with Crippen molar-refractivity contribution in [1.82, 2.24) is 14.5 Å². The lowest BCUT2D eigenvalue weighted by molar-refractivity contribution is -0.134. The van der Waals surface area contributed by atoms with Gasteiger partial charge in [0.25, 0.3) is 5.91 Å². The molecule has 10 heteroatoms. The van der Waals surface area contributed by atoms with Gasteiger partial charge in [-0.25, -0.2) is 8.42 Å². The van der Waals surface area contributed by atoms with Crippen molar-refractivity contribution in [3.05, 3.63) is 64.1 Å². The van der Waals surface area contributed by atoms with Crippen molar-refractivity contribution < 1.29 is 18.0 Å². The first-order valence-corrected chi connectivity index (χ1v) is 11.5. The molecule has 1 heterocycles. The van der Waals surface area contributed by atoms with Crippen LogP contribution < -0.4 is 5.32 Å². The predicted octanol–water partition coefficient (Wildman–Crippen LogP) is 2.64. The number of piperazine rings is 1. The molecule has 0 saturated carbocycles. The summed E-state index contributed by atoms with van der Waals surface area (Å²) in [6, 6.07) is 12.2. The predicted molar refractivity (Wildman–Crippen MR) is 115 cm³/mol. The smallest absolute Gasteiger partial charge is 0.251 e. The highest BCUT2D eigenvalue weighted by Crippen LogP contribution is 2.28. The van der Waals surface area contributed by atoms with Crippen LogP contribution in [0.2, 0.25) is 10.0 Å². The molecule has 0 aromatic heterocycles. The standard InChI is InChI=1S/C20H21Cl2N3O4S/c1-14(23-19(26)15-5-3-2-4-6-15)20(27)24-9-11-25(12-10-24)30(28,29)18-13-16(21)7-8-17(18)22/h2-8,13-14H,9-12H2,1H3,(H,23,26)/t14-/m1/s1. The zero-order valence-electron chi connectivity index (χ0n) is 16.2. The molecule has 7 nitrogen and oxygen atoms in total. The fourth-order valence-electron chi connectivity index (χ4n) is 3.17. The first-order valence-electron chi connectivity index (χ1n) is 9.30. The zero-order valence-corrected chi connectivity index (χ0v) is 18.5. The van der Waals surface area contributed by atoms with Crippen LogP contribution in [0.1, 0.15) is 17.3 Å². The summed E-state index contributed by atoms with van der Waals surface area (Å²) >= 11 is 12.0. The van der Waals surface area contributed by atoms with Crippen molar-refractivity contribution in [2.45, 2.75) is 17.9 Å². The maximum Gasteiger partial charge on any atom is 0.251 e. The third-order valence-electron chi connectivity index (χ3n) is 4.82. The summed E-state index contributed by atoms with van der Waals surface area (Å²) in [4.78, 5) is 26.4. The Labute approximate surface area is 185 Å². The quantitative estimate of drug-likeness (QED) is 0.728. The van der Waals surface area contributed by atoms with Crippen LogP contribution in [0.3, 0.4) is 0 Å². The van der Waals surface area contributed by atoms with E-state index in [1.54, 1.807) is 42.2 Å². The number of carbonyl (C=O) groups is 2. The van der Waals surface area contributed by atoms with E-state index in [4.69, 9.17) is 23.2 Å². The Morgan fingerprint density at radius 1 is 1.00 bits per heavy atom. The van der Waals surface area contributed by atoms with Gasteiger partial charge in [-0.05, 0) is 37.3 Å². The Hall–Kier alpha value is -2.13. The van der Waals surface area contributed by atoms with Gasteiger partial charge in [0.15, 0.2) is 0 Å². The van der Waals surface area contributed by atoms with Crippen molar-refractivity contribution in [1.29, 1.82) is 0 Å². The lowest BCUT2D eigenvalue weighted by atomic mass is 10.2. The molecule has 0 radical (unpaired) electrons. The van der Waals surface area contributed by atoms with Gasteiger partial charge in [0.05, 0.1) is 5.02 Å². The molecule has 3 rings (SSSR count). The van der Waals surface area contributed by atoms with Gasteiger partial charge >= 0.3 is 0 Å². The van der Waals surface area contributed by atoms with Crippen LogP contribution in [0.15, 0.2) is 53.4 Å². The number of hydrogen-bond acceptors (Lipinski definition) is 4. The minimum Gasteiger partial charge on any atom is -0.341 e. The fourth-order valence-corrected chi connectivity index (χ4v) is 5.33.